The quantitative estimate of drug-likeness (QED) is 0.657. The smallest absolute Gasteiger partial charge is 0.0143 e. The van der Waals surface area contributed by atoms with Crippen molar-refractivity contribution in [3.8, 4) is 11.8 Å². The van der Waals surface area contributed by atoms with Crippen molar-refractivity contribution in [2.24, 2.45) is 5.41 Å². The lowest BCUT2D eigenvalue weighted by Gasteiger charge is -2.21. The van der Waals surface area contributed by atoms with Crippen LogP contribution in [0.1, 0.15) is 46.5 Å². The summed E-state index contributed by atoms with van der Waals surface area (Å²) >= 11 is 0. The molecule has 1 nitrogen and oxygen atoms in total. The highest BCUT2D eigenvalue weighted by atomic mass is 14.9. The Balaban J connectivity index is 2.39. The predicted octanol–water partition coefficient (Wildman–Crippen LogP) is 2.57. The third kappa shape index (κ3) is 3.04. The maximum absolute atomic E-state index is 3.53. The minimum absolute atomic E-state index is 0.482. The van der Waals surface area contributed by atoms with Gasteiger partial charge in [-0.2, -0.15) is 0 Å². The first kappa shape index (κ1) is 10.6. The third-order valence-corrected chi connectivity index (χ3v) is 3.02. The van der Waals surface area contributed by atoms with Crippen LogP contribution in [0.4, 0.5) is 0 Å². The molecule has 74 valence electrons. The lowest BCUT2D eigenvalue weighted by Crippen LogP contribution is -2.27. The highest BCUT2D eigenvalue weighted by Gasteiger charge is 2.33. The van der Waals surface area contributed by atoms with Gasteiger partial charge in [0.1, 0.15) is 0 Å². The van der Waals surface area contributed by atoms with Gasteiger partial charge in [0.2, 0.25) is 0 Å². The van der Waals surface area contributed by atoms with Crippen molar-refractivity contribution in [3.05, 3.63) is 0 Å². The van der Waals surface area contributed by atoms with Crippen molar-refractivity contribution in [1.82, 2.24) is 5.32 Å². The molecule has 0 radical (unpaired) electrons. The maximum atomic E-state index is 3.53. The molecule has 1 aliphatic carbocycles. The first-order valence-corrected chi connectivity index (χ1v) is 5.33. The van der Waals surface area contributed by atoms with Crippen LogP contribution < -0.4 is 5.32 Å². The molecule has 1 N–H and O–H groups in total. The van der Waals surface area contributed by atoms with E-state index in [1.807, 2.05) is 6.92 Å². The van der Waals surface area contributed by atoms with E-state index in [9.17, 15) is 0 Å². The Hall–Kier alpha value is -0.480. The number of nitrogens with one attached hydrogen (secondary N) is 1. The second-order valence-corrected chi connectivity index (χ2v) is 4.41. The molecule has 0 saturated heterocycles. The summed E-state index contributed by atoms with van der Waals surface area (Å²) in [5.74, 6) is 6.21. The average molecular weight is 179 g/mol. The van der Waals surface area contributed by atoms with Crippen LogP contribution in [0, 0.1) is 17.3 Å². The van der Waals surface area contributed by atoms with Gasteiger partial charge in [0, 0.05) is 12.5 Å². The van der Waals surface area contributed by atoms with Crippen LogP contribution in [-0.4, -0.2) is 12.6 Å². The fourth-order valence-electron chi connectivity index (χ4n) is 2.25. The molecule has 0 aromatic carbocycles. The molecule has 0 aromatic rings. The van der Waals surface area contributed by atoms with E-state index >= 15 is 0 Å². The first-order chi connectivity index (χ1) is 6.20. The van der Waals surface area contributed by atoms with Crippen LogP contribution in [-0.2, 0) is 0 Å². The normalized spacial score (nSPS) is 32.7. The minimum Gasteiger partial charge on any atom is -0.314 e. The SMILES string of the molecule is CC#CCC1(C)CCC(NCC)C1. The molecule has 0 spiro atoms. The molecular formula is C12H21N. The Bertz CT molecular complexity index is 211. The van der Waals surface area contributed by atoms with Gasteiger partial charge in [0.15, 0.2) is 0 Å². The molecule has 0 bridgehead atoms. The largest absolute Gasteiger partial charge is 0.314 e. The Labute approximate surface area is 82.3 Å². The summed E-state index contributed by atoms with van der Waals surface area (Å²) < 4.78 is 0. The van der Waals surface area contributed by atoms with Gasteiger partial charge in [-0.15, -0.1) is 11.8 Å². The fraction of sp³-hybridized carbons (Fsp3) is 0.833. The molecule has 2 atom stereocenters. The standard InChI is InChI=1S/C12H21N/c1-4-6-8-12(3)9-7-11(10-12)13-5-2/h11,13H,5,7-10H2,1-3H3. The van der Waals surface area contributed by atoms with Crippen LogP contribution in [0.5, 0.6) is 0 Å². The lowest BCUT2D eigenvalue weighted by molar-refractivity contribution is 0.335. The first-order valence-electron chi connectivity index (χ1n) is 5.33. The molecule has 0 heterocycles. The van der Waals surface area contributed by atoms with E-state index in [1.165, 1.54) is 19.3 Å². The summed E-state index contributed by atoms with van der Waals surface area (Å²) in [5, 5.41) is 3.53. The minimum atomic E-state index is 0.482. The second kappa shape index (κ2) is 4.67. The summed E-state index contributed by atoms with van der Waals surface area (Å²) in [6, 6.07) is 0.744. The molecule has 0 aliphatic heterocycles. The van der Waals surface area contributed by atoms with E-state index in [1.54, 1.807) is 0 Å². The van der Waals surface area contributed by atoms with Crippen molar-refractivity contribution in [3.63, 3.8) is 0 Å². The zero-order chi connectivity index (χ0) is 9.73. The Morgan fingerprint density at radius 2 is 2.31 bits per heavy atom. The van der Waals surface area contributed by atoms with E-state index < -0.39 is 0 Å². The van der Waals surface area contributed by atoms with Gasteiger partial charge in [0.25, 0.3) is 0 Å². The molecule has 0 amide bonds. The van der Waals surface area contributed by atoms with E-state index in [0.29, 0.717) is 5.41 Å². The monoisotopic (exact) mass is 179 g/mol. The van der Waals surface area contributed by atoms with Crippen molar-refractivity contribution in [1.29, 1.82) is 0 Å². The van der Waals surface area contributed by atoms with Crippen molar-refractivity contribution in [2.75, 3.05) is 6.54 Å². The molecule has 1 rings (SSSR count). The van der Waals surface area contributed by atoms with Crippen LogP contribution in [0.2, 0.25) is 0 Å². The van der Waals surface area contributed by atoms with Gasteiger partial charge < -0.3 is 5.32 Å². The Kier molecular flexibility index (Phi) is 3.81. The molecular weight excluding hydrogens is 158 g/mol. The van der Waals surface area contributed by atoms with Gasteiger partial charge in [0.05, 0.1) is 0 Å². The van der Waals surface area contributed by atoms with Gasteiger partial charge in [-0.3, -0.25) is 0 Å². The predicted molar refractivity (Wildman–Crippen MR) is 57.5 cm³/mol. The number of hydrogen-bond acceptors (Lipinski definition) is 1. The highest BCUT2D eigenvalue weighted by molar-refractivity contribution is 5.02. The summed E-state index contributed by atoms with van der Waals surface area (Å²) in [6.45, 7) is 7.58. The summed E-state index contributed by atoms with van der Waals surface area (Å²) in [7, 11) is 0. The van der Waals surface area contributed by atoms with Gasteiger partial charge in [-0.1, -0.05) is 13.8 Å². The van der Waals surface area contributed by atoms with Crippen molar-refractivity contribution in [2.45, 2.75) is 52.5 Å². The summed E-state index contributed by atoms with van der Waals surface area (Å²) in [6.07, 6.45) is 5.04. The zero-order valence-electron chi connectivity index (χ0n) is 9.11. The van der Waals surface area contributed by atoms with E-state index in [4.69, 9.17) is 0 Å². The molecule has 1 aliphatic rings. The van der Waals surface area contributed by atoms with Crippen LogP contribution in [0.25, 0.3) is 0 Å². The highest BCUT2D eigenvalue weighted by Crippen LogP contribution is 2.40. The fourth-order valence-corrected chi connectivity index (χ4v) is 2.25. The van der Waals surface area contributed by atoms with Crippen LogP contribution >= 0.6 is 0 Å². The summed E-state index contributed by atoms with van der Waals surface area (Å²) in [4.78, 5) is 0. The van der Waals surface area contributed by atoms with Gasteiger partial charge in [-0.05, 0) is 38.1 Å². The molecule has 0 aromatic heterocycles. The molecule has 1 fully saturated rings. The van der Waals surface area contributed by atoms with Crippen LogP contribution in [0.15, 0.2) is 0 Å². The third-order valence-electron chi connectivity index (χ3n) is 3.02. The van der Waals surface area contributed by atoms with Gasteiger partial charge >= 0.3 is 0 Å². The lowest BCUT2D eigenvalue weighted by atomic mass is 9.85. The topological polar surface area (TPSA) is 12.0 Å². The number of rotatable bonds is 3. The van der Waals surface area contributed by atoms with Crippen LogP contribution in [0.3, 0.4) is 0 Å². The zero-order valence-corrected chi connectivity index (χ0v) is 9.11. The van der Waals surface area contributed by atoms with Crippen molar-refractivity contribution >= 4 is 0 Å². The van der Waals surface area contributed by atoms with E-state index in [0.717, 1.165) is 19.0 Å². The molecule has 1 saturated carbocycles. The van der Waals surface area contributed by atoms with Gasteiger partial charge in [-0.25, -0.2) is 0 Å². The number of hydrogen-bond donors (Lipinski definition) is 1. The second-order valence-electron chi connectivity index (χ2n) is 4.41. The van der Waals surface area contributed by atoms with E-state index in [2.05, 4.69) is 31.0 Å². The Morgan fingerprint density at radius 3 is 2.92 bits per heavy atom. The molecule has 2 unspecified atom stereocenters. The van der Waals surface area contributed by atoms with Crippen molar-refractivity contribution < 1.29 is 0 Å². The molecule has 1 heteroatoms. The average Bonchev–Trinajstić information content (AvgIpc) is 2.46. The maximum Gasteiger partial charge on any atom is 0.0143 e. The van der Waals surface area contributed by atoms with E-state index in [-0.39, 0.29) is 0 Å². The Morgan fingerprint density at radius 1 is 1.54 bits per heavy atom. The summed E-state index contributed by atoms with van der Waals surface area (Å²) in [5.41, 5.74) is 0.482. The molecule has 13 heavy (non-hydrogen) atoms.